The van der Waals surface area contributed by atoms with E-state index in [0.29, 0.717) is 24.6 Å². The number of carbonyl (C=O) groups is 2. The van der Waals surface area contributed by atoms with Gasteiger partial charge in [-0.3, -0.25) is 9.59 Å². The molecule has 0 aliphatic heterocycles. The molecular formula is C15H16FN3O4. The molecule has 0 fully saturated rings. The van der Waals surface area contributed by atoms with Crippen LogP contribution >= 0.6 is 0 Å². The van der Waals surface area contributed by atoms with E-state index in [9.17, 15) is 14.0 Å². The minimum Gasteiger partial charge on any atom is -0.481 e. The first kappa shape index (κ1) is 16.6. The number of carboxylic acid groups (broad SMARTS) is 1. The van der Waals surface area contributed by atoms with E-state index in [0.717, 1.165) is 6.07 Å². The van der Waals surface area contributed by atoms with Crippen LogP contribution < -0.4 is 5.32 Å². The normalized spacial score (nSPS) is 10.5. The monoisotopic (exact) mass is 321 g/mol. The van der Waals surface area contributed by atoms with E-state index in [1.54, 1.807) is 6.92 Å². The van der Waals surface area contributed by atoms with Gasteiger partial charge in [-0.15, -0.1) is 0 Å². The van der Waals surface area contributed by atoms with E-state index in [1.807, 2.05) is 0 Å². The van der Waals surface area contributed by atoms with Gasteiger partial charge in [0.25, 0.3) is 0 Å². The molecule has 0 radical (unpaired) electrons. The van der Waals surface area contributed by atoms with Crippen LogP contribution in [0.1, 0.15) is 30.1 Å². The van der Waals surface area contributed by atoms with Crippen molar-refractivity contribution < 1.29 is 23.6 Å². The van der Waals surface area contributed by atoms with Crippen LogP contribution in [0, 0.1) is 12.7 Å². The maximum Gasteiger partial charge on any atom is 0.307 e. The number of hydrogen-bond donors (Lipinski definition) is 2. The van der Waals surface area contributed by atoms with Gasteiger partial charge in [-0.2, -0.15) is 4.98 Å². The van der Waals surface area contributed by atoms with Crippen molar-refractivity contribution in [2.75, 3.05) is 5.32 Å². The first-order chi connectivity index (χ1) is 10.9. The highest BCUT2D eigenvalue weighted by Gasteiger charge is 2.10. The standard InChI is InChI=1S/C15H16FN3O4/c1-9-17-14(23-19-9)4-2-3-13(20)18-11-6-5-10(7-15(21)22)12(16)8-11/h5-6,8H,2-4,7H2,1H3,(H,18,20)(H,21,22). The third-order valence-electron chi connectivity index (χ3n) is 3.04. The van der Waals surface area contributed by atoms with Gasteiger partial charge >= 0.3 is 5.97 Å². The van der Waals surface area contributed by atoms with Crippen molar-refractivity contribution >= 4 is 17.6 Å². The highest BCUT2D eigenvalue weighted by molar-refractivity contribution is 5.90. The van der Waals surface area contributed by atoms with Crippen LogP contribution in [-0.2, 0) is 22.4 Å². The Morgan fingerprint density at radius 1 is 1.39 bits per heavy atom. The molecule has 0 spiro atoms. The summed E-state index contributed by atoms with van der Waals surface area (Å²) in [4.78, 5) is 26.4. The number of carboxylic acids is 1. The average molecular weight is 321 g/mol. The molecule has 1 aromatic heterocycles. The number of benzene rings is 1. The zero-order chi connectivity index (χ0) is 16.8. The molecule has 0 bridgehead atoms. The fraction of sp³-hybridized carbons (Fsp3) is 0.333. The summed E-state index contributed by atoms with van der Waals surface area (Å²) in [7, 11) is 0. The molecule has 1 aromatic carbocycles. The molecule has 7 nitrogen and oxygen atoms in total. The topological polar surface area (TPSA) is 105 Å². The van der Waals surface area contributed by atoms with E-state index in [-0.39, 0.29) is 23.6 Å². The zero-order valence-corrected chi connectivity index (χ0v) is 12.5. The summed E-state index contributed by atoms with van der Waals surface area (Å²) in [5, 5.41) is 14.9. The van der Waals surface area contributed by atoms with Gasteiger partial charge in [-0.05, 0) is 31.0 Å². The molecule has 0 unspecified atom stereocenters. The predicted molar refractivity (Wildman–Crippen MR) is 78.3 cm³/mol. The fourth-order valence-electron chi connectivity index (χ4n) is 2.00. The van der Waals surface area contributed by atoms with Crippen molar-refractivity contribution in [3.05, 3.63) is 41.3 Å². The molecule has 2 N–H and O–H groups in total. The number of halogens is 1. The van der Waals surface area contributed by atoms with Crippen molar-refractivity contribution in [2.24, 2.45) is 0 Å². The summed E-state index contributed by atoms with van der Waals surface area (Å²) in [6, 6.07) is 3.93. The van der Waals surface area contributed by atoms with E-state index in [2.05, 4.69) is 15.5 Å². The second-order valence-corrected chi connectivity index (χ2v) is 5.01. The Morgan fingerprint density at radius 3 is 2.78 bits per heavy atom. The maximum atomic E-state index is 13.7. The summed E-state index contributed by atoms with van der Waals surface area (Å²) in [6.07, 6.45) is 0.830. The average Bonchev–Trinajstić information content (AvgIpc) is 2.87. The first-order valence-corrected chi connectivity index (χ1v) is 7.03. The Morgan fingerprint density at radius 2 is 2.17 bits per heavy atom. The Kier molecular flexibility index (Phi) is 5.40. The number of aryl methyl sites for hydroxylation is 2. The predicted octanol–water partition coefficient (Wildman–Crippen LogP) is 2.11. The second kappa shape index (κ2) is 7.48. The number of carbonyl (C=O) groups excluding carboxylic acids is 1. The number of rotatable bonds is 7. The van der Waals surface area contributed by atoms with Gasteiger partial charge in [0.15, 0.2) is 5.82 Å². The van der Waals surface area contributed by atoms with Crippen molar-refractivity contribution in [3.8, 4) is 0 Å². The lowest BCUT2D eigenvalue weighted by atomic mass is 10.1. The van der Waals surface area contributed by atoms with Crippen LogP contribution in [0.4, 0.5) is 10.1 Å². The van der Waals surface area contributed by atoms with E-state index in [1.165, 1.54) is 12.1 Å². The van der Waals surface area contributed by atoms with Crippen molar-refractivity contribution in [1.82, 2.24) is 10.1 Å². The highest BCUT2D eigenvalue weighted by Crippen LogP contribution is 2.16. The van der Waals surface area contributed by atoms with Crippen LogP contribution in [0.2, 0.25) is 0 Å². The SMILES string of the molecule is Cc1noc(CCCC(=O)Nc2ccc(CC(=O)O)c(F)c2)n1. The lowest BCUT2D eigenvalue weighted by Gasteiger charge is -2.07. The third-order valence-corrected chi connectivity index (χ3v) is 3.04. The van der Waals surface area contributed by atoms with Crippen LogP contribution in [0.5, 0.6) is 0 Å². The van der Waals surface area contributed by atoms with Crippen molar-refractivity contribution in [2.45, 2.75) is 32.6 Å². The molecule has 122 valence electrons. The summed E-state index contributed by atoms with van der Waals surface area (Å²) in [5.41, 5.74) is 0.359. The molecular weight excluding hydrogens is 305 g/mol. The third kappa shape index (κ3) is 5.17. The largest absolute Gasteiger partial charge is 0.481 e. The van der Waals surface area contributed by atoms with Gasteiger partial charge in [-0.1, -0.05) is 11.2 Å². The first-order valence-electron chi connectivity index (χ1n) is 7.03. The molecule has 0 aliphatic rings. The number of nitrogens with zero attached hydrogens (tertiary/aromatic N) is 2. The van der Waals surface area contributed by atoms with E-state index < -0.39 is 18.2 Å². The van der Waals surface area contributed by atoms with E-state index >= 15 is 0 Å². The number of anilines is 1. The smallest absolute Gasteiger partial charge is 0.307 e. The Labute approximate surface area is 131 Å². The second-order valence-electron chi connectivity index (χ2n) is 5.01. The summed E-state index contributed by atoms with van der Waals surface area (Å²) >= 11 is 0. The lowest BCUT2D eigenvalue weighted by Crippen LogP contribution is -2.12. The Hall–Kier alpha value is -2.77. The molecule has 2 aromatic rings. The van der Waals surface area contributed by atoms with Crippen molar-refractivity contribution in [1.29, 1.82) is 0 Å². The van der Waals surface area contributed by atoms with Gasteiger partial charge in [-0.25, -0.2) is 4.39 Å². The summed E-state index contributed by atoms with van der Waals surface area (Å²) in [5.74, 6) is -1.03. The van der Waals surface area contributed by atoms with Crippen LogP contribution in [0.3, 0.4) is 0 Å². The van der Waals surface area contributed by atoms with Gasteiger partial charge in [0.2, 0.25) is 11.8 Å². The molecule has 1 amide bonds. The fourth-order valence-corrected chi connectivity index (χ4v) is 2.00. The molecule has 0 saturated heterocycles. The quantitative estimate of drug-likeness (QED) is 0.809. The molecule has 0 aliphatic carbocycles. The zero-order valence-electron chi connectivity index (χ0n) is 12.5. The molecule has 1 heterocycles. The van der Waals surface area contributed by atoms with Gasteiger partial charge in [0, 0.05) is 18.5 Å². The highest BCUT2D eigenvalue weighted by atomic mass is 19.1. The Bertz CT molecular complexity index is 714. The molecule has 0 atom stereocenters. The maximum absolute atomic E-state index is 13.7. The van der Waals surface area contributed by atoms with Gasteiger partial charge in [0.1, 0.15) is 5.82 Å². The number of nitrogens with one attached hydrogen (secondary N) is 1. The van der Waals surface area contributed by atoms with Crippen molar-refractivity contribution in [3.63, 3.8) is 0 Å². The van der Waals surface area contributed by atoms with Crippen LogP contribution in [-0.4, -0.2) is 27.1 Å². The summed E-state index contributed by atoms with van der Waals surface area (Å²) in [6.45, 7) is 1.71. The van der Waals surface area contributed by atoms with Gasteiger partial charge < -0.3 is 14.9 Å². The Balaban J connectivity index is 1.82. The number of aliphatic carboxylic acids is 1. The number of hydrogen-bond acceptors (Lipinski definition) is 5. The molecule has 2 rings (SSSR count). The van der Waals surface area contributed by atoms with Crippen LogP contribution in [0.25, 0.3) is 0 Å². The minimum atomic E-state index is -1.11. The summed E-state index contributed by atoms with van der Waals surface area (Å²) < 4.78 is 18.6. The number of amides is 1. The lowest BCUT2D eigenvalue weighted by molar-refractivity contribution is -0.136. The van der Waals surface area contributed by atoms with Gasteiger partial charge in [0.05, 0.1) is 6.42 Å². The van der Waals surface area contributed by atoms with Crippen LogP contribution in [0.15, 0.2) is 22.7 Å². The molecule has 8 heteroatoms. The molecule has 23 heavy (non-hydrogen) atoms. The molecule has 0 saturated carbocycles. The minimum absolute atomic E-state index is 0.0715. The van der Waals surface area contributed by atoms with E-state index in [4.69, 9.17) is 9.63 Å². The number of aromatic nitrogens is 2.